The molecule has 10 N–H and O–H groups in total. The first-order chi connectivity index (χ1) is 10.8. The number of carboxylic acids is 4. The van der Waals surface area contributed by atoms with Gasteiger partial charge in [0.2, 0.25) is 0 Å². The molecule has 0 spiro atoms. The van der Waals surface area contributed by atoms with E-state index in [1.54, 1.807) is 0 Å². The summed E-state index contributed by atoms with van der Waals surface area (Å²) < 4.78 is 0. The zero-order valence-corrected chi connectivity index (χ0v) is 19.1. The Bertz CT molecular complexity index is 222. The van der Waals surface area contributed by atoms with E-state index in [9.17, 15) is 0 Å². The van der Waals surface area contributed by atoms with Gasteiger partial charge < -0.3 is 43.4 Å². The molecule has 0 aromatic heterocycles. The van der Waals surface area contributed by atoms with Crippen LogP contribution in [0, 0.1) is 0 Å². The summed E-state index contributed by atoms with van der Waals surface area (Å²) in [5.74, 6) is -3.33. The Morgan fingerprint density at radius 2 is 0.680 bits per heavy atom. The average Bonchev–Trinajstić information content (AvgIpc) is 2.36. The molecule has 0 saturated heterocycles. The van der Waals surface area contributed by atoms with E-state index in [2.05, 4.69) is 0 Å². The van der Waals surface area contributed by atoms with Crippen molar-refractivity contribution in [3.8, 4) is 0 Å². The van der Waals surface area contributed by atoms with Gasteiger partial charge in [0.1, 0.15) is 0 Å². The topological polar surface area (TPSA) is 249 Å². The number of nitrogens with two attached hydrogens (primary N) is 2. The van der Waals surface area contributed by atoms with Gasteiger partial charge in [-0.05, 0) is 13.1 Å². The molecule has 0 aromatic rings. The molecule has 13 heteroatoms. The molecule has 0 aliphatic carbocycles. The number of carbonyl (C=O) groups is 4. The maximum Gasteiger partial charge on any atom is 2.00 e. The predicted octanol–water partition coefficient (Wildman–Crippen LogP) is 0.356. The van der Waals surface area contributed by atoms with Gasteiger partial charge >= 0.3 is 27.3 Å². The Balaban J connectivity index is -0.0000000309. The summed E-state index contributed by atoms with van der Waals surface area (Å²) >= 11 is 0. The van der Waals surface area contributed by atoms with Crippen LogP contribution in [0.25, 0.3) is 11.5 Å². The molecule has 25 heavy (non-hydrogen) atoms. The summed E-state index contributed by atoms with van der Waals surface area (Å²) in [6, 6.07) is 0. The SMILES string of the molecule is CC(=O)O.CC(=O)O.CC(=O)O.CC(=O)O.[Cd+2].[NH-]CCN.[NH-]CCN. The van der Waals surface area contributed by atoms with E-state index in [4.69, 9.17) is 62.5 Å². The molecular formula is C12H30CdN4O8. The van der Waals surface area contributed by atoms with Crippen LogP contribution in [0.15, 0.2) is 0 Å². The Hall–Kier alpha value is -1.36. The molecule has 0 aliphatic rings. The minimum absolute atomic E-state index is 0. The fraction of sp³-hybridized carbons (Fsp3) is 0.667. The van der Waals surface area contributed by atoms with Crippen LogP contribution in [-0.2, 0) is 46.5 Å². The van der Waals surface area contributed by atoms with Crippen molar-refractivity contribution in [2.75, 3.05) is 26.2 Å². The number of aliphatic carboxylic acids is 4. The molecule has 0 heterocycles. The molecule has 0 unspecified atom stereocenters. The number of rotatable bonds is 2. The van der Waals surface area contributed by atoms with Crippen molar-refractivity contribution in [1.82, 2.24) is 0 Å². The van der Waals surface area contributed by atoms with E-state index in [1.807, 2.05) is 0 Å². The van der Waals surface area contributed by atoms with Crippen molar-refractivity contribution < 1.29 is 66.9 Å². The minimum atomic E-state index is -0.833. The van der Waals surface area contributed by atoms with E-state index < -0.39 is 23.9 Å². The largest absolute Gasteiger partial charge is 2.00 e. The second-order valence-electron chi connectivity index (χ2n) is 3.15. The normalized spacial score (nSPS) is 6.40. The first-order valence-corrected chi connectivity index (χ1v) is 6.23. The first-order valence-electron chi connectivity index (χ1n) is 6.23. The van der Waals surface area contributed by atoms with Gasteiger partial charge in [0.05, 0.1) is 0 Å². The summed E-state index contributed by atoms with van der Waals surface area (Å²) in [7, 11) is 0. The van der Waals surface area contributed by atoms with E-state index >= 15 is 0 Å². The third kappa shape index (κ3) is 23400. The zero-order chi connectivity index (χ0) is 21.1. The van der Waals surface area contributed by atoms with Crippen molar-refractivity contribution >= 4 is 23.9 Å². The van der Waals surface area contributed by atoms with Crippen molar-refractivity contribution in [1.29, 1.82) is 0 Å². The molecule has 0 aliphatic heterocycles. The van der Waals surface area contributed by atoms with E-state index in [0.29, 0.717) is 26.2 Å². The van der Waals surface area contributed by atoms with Crippen LogP contribution in [0.2, 0.25) is 0 Å². The molecule has 12 nitrogen and oxygen atoms in total. The number of nitrogens with one attached hydrogen (secondary N) is 2. The Morgan fingerprint density at radius 1 is 0.640 bits per heavy atom. The molecule has 0 aromatic carbocycles. The third-order valence-corrected chi connectivity index (χ3v) is 0.289. The Labute approximate surface area is 167 Å². The van der Waals surface area contributed by atoms with Gasteiger partial charge in [-0.3, -0.25) is 19.2 Å². The van der Waals surface area contributed by atoms with Gasteiger partial charge in [0, 0.05) is 27.7 Å². The zero-order valence-electron chi connectivity index (χ0n) is 15.1. The Kier molecular flexibility index (Phi) is 86.6. The van der Waals surface area contributed by atoms with Gasteiger partial charge in [0.15, 0.2) is 0 Å². The second kappa shape index (κ2) is 49.5. The fourth-order valence-electron chi connectivity index (χ4n) is 0. The summed E-state index contributed by atoms with van der Waals surface area (Å²) in [6.07, 6.45) is 0. The van der Waals surface area contributed by atoms with Crippen molar-refractivity contribution in [3.05, 3.63) is 11.5 Å². The summed E-state index contributed by atoms with van der Waals surface area (Å²) in [5.41, 5.74) is 22.3. The molecule has 0 fully saturated rings. The van der Waals surface area contributed by atoms with Gasteiger partial charge in [-0.2, -0.15) is 0 Å². The molecule has 0 amide bonds. The van der Waals surface area contributed by atoms with Gasteiger partial charge in [-0.25, -0.2) is 0 Å². The number of carboxylic acid groups (broad SMARTS) is 4. The monoisotopic (exact) mass is 472 g/mol. The van der Waals surface area contributed by atoms with Gasteiger partial charge in [-0.1, -0.05) is 0 Å². The van der Waals surface area contributed by atoms with Crippen LogP contribution in [0.1, 0.15) is 27.7 Å². The van der Waals surface area contributed by atoms with Crippen LogP contribution in [0.4, 0.5) is 0 Å². The number of hydrogen-bond acceptors (Lipinski definition) is 6. The van der Waals surface area contributed by atoms with E-state index in [-0.39, 0.29) is 27.3 Å². The van der Waals surface area contributed by atoms with Crippen LogP contribution < -0.4 is 11.5 Å². The summed E-state index contributed by atoms with van der Waals surface area (Å²) in [4.78, 5) is 36.0. The molecule has 0 radical (unpaired) electrons. The molecule has 0 rings (SSSR count). The van der Waals surface area contributed by atoms with E-state index in [1.165, 1.54) is 0 Å². The predicted molar refractivity (Wildman–Crippen MR) is 89.7 cm³/mol. The summed E-state index contributed by atoms with van der Waals surface area (Å²) in [5, 5.41) is 29.7. The molecule has 0 bridgehead atoms. The molecule has 0 saturated carbocycles. The standard InChI is InChI=1S/2C2H7N2.4C2H4O2.Cd/c2*3-1-2-4;4*1-2(3)4;/h2*3H,1-2,4H2;4*1H3,(H,3,4);/q2*-1;;;;;+2. The minimum Gasteiger partial charge on any atom is -0.676 e. The van der Waals surface area contributed by atoms with Gasteiger partial charge in [-0.15, -0.1) is 13.1 Å². The summed E-state index contributed by atoms with van der Waals surface area (Å²) in [6.45, 7) is 6.00. The first kappa shape index (κ1) is 43.8. The Morgan fingerprint density at radius 3 is 0.680 bits per heavy atom. The maximum absolute atomic E-state index is 9.00. The van der Waals surface area contributed by atoms with E-state index in [0.717, 1.165) is 27.7 Å². The molecule has 0 atom stereocenters. The molecule has 148 valence electrons. The number of hydrogen-bond donors (Lipinski definition) is 6. The van der Waals surface area contributed by atoms with Gasteiger partial charge in [0.25, 0.3) is 23.9 Å². The van der Waals surface area contributed by atoms with Crippen molar-refractivity contribution in [2.24, 2.45) is 11.5 Å². The third-order valence-electron chi connectivity index (χ3n) is 0.289. The van der Waals surface area contributed by atoms with Crippen LogP contribution in [0.3, 0.4) is 0 Å². The molecular weight excluding hydrogens is 441 g/mol. The average molecular weight is 471 g/mol. The van der Waals surface area contributed by atoms with Crippen molar-refractivity contribution in [3.63, 3.8) is 0 Å². The van der Waals surface area contributed by atoms with Crippen LogP contribution >= 0.6 is 0 Å². The van der Waals surface area contributed by atoms with Crippen LogP contribution in [0.5, 0.6) is 0 Å². The quantitative estimate of drug-likeness (QED) is 0.302. The second-order valence-corrected chi connectivity index (χ2v) is 3.15. The smallest absolute Gasteiger partial charge is 0.676 e. The van der Waals surface area contributed by atoms with Crippen molar-refractivity contribution in [2.45, 2.75) is 27.7 Å². The fourth-order valence-corrected chi connectivity index (χ4v) is 0. The van der Waals surface area contributed by atoms with Crippen LogP contribution in [-0.4, -0.2) is 70.5 Å². The maximum atomic E-state index is 9.00.